The molecule has 0 radical (unpaired) electrons. The summed E-state index contributed by atoms with van der Waals surface area (Å²) in [6, 6.07) is 10.5. The van der Waals surface area contributed by atoms with E-state index < -0.39 is 5.91 Å². The van der Waals surface area contributed by atoms with Crippen molar-refractivity contribution in [1.29, 1.82) is 0 Å². The standard InChI is InChI=1S/C17H18N6O2/c18-14(24)9-23-10-19-15(21-23)16-20-17(25-22-16)13-7-6-12(8-13)11-4-2-1-3-5-11/h1-5,10,12-13H,6-9H2,(H2,18,24)/t12-,13-/m1/s1. The Bertz CT molecular complexity index is 872. The number of primary amides is 1. The predicted molar refractivity (Wildman–Crippen MR) is 88.3 cm³/mol. The largest absolute Gasteiger partial charge is 0.368 e. The van der Waals surface area contributed by atoms with Crippen LogP contribution in [0.15, 0.2) is 41.2 Å². The summed E-state index contributed by atoms with van der Waals surface area (Å²) in [6.45, 7) is -0.0287. The Hall–Kier alpha value is -3.03. The van der Waals surface area contributed by atoms with E-state index in [1.807, 2.05) is 6.07 Å². The Morgan fingerprint density at radius 1 is 1.20 bits per heavy atom. The van der Waals surface area contributed by atoms with Gasteiger partial charge in [0.25, 0.3) is 0 Å². The highest BCUT2D eigenvalue weighted by Gasteiger charge is 2.31. The lowest BCUT2D eigenvalue weighted by Gasteiger charge is -2.09. The molecule has 1 aliphatic carbocycles. The van der Waals surface area contributed by atoms with Crippen molar-refractivity contribution in [2.75, 3.05) is 0 Å². The molecule has 0 unspecified atom stereocenters. The summed E-state index contributed by atoms with van der Waals surface area (Å²) in [5.74, 6) is 1.58. The first-order valence-corrected chi connectivity index (χ1v) is 8.25. The van der Waals surface area contributed by atoms with E-state index in [4.69, 9.17) is 10.3 Å². The van der Waals surface area contributed by atoms with Crippen LogP contribution in [0.2, 0.25) is 0 Å². The third-order valence-corrected chi connectivity index (χ3v) is 4.55. The molecule has 128 valence electrons. The van der Waals surface area contributed by atoms with Gasteiger partial charge in [-0.1, -0.05) is 35.5 Å². The predicted octanol–water partition coefficient (Wildman–Crippen LogP) is 1.86. The second-order valence-corrected chi connectivity index (χ2v) is 6.31. The molecule has 1 aliphatic rings. The summed E-state index contributed by atoms with van der Waals surface area (Å²) in [7, 11) is 0. The molecule has 2 heterocycles. The first kappa shape index (κ1) is 15.5. The minimum absolute atomic E-state index is 0.0287. The number of hydrogen-bond donors (Lipinski definition) is 1. The van der Waals surface area contributed by atoms with Crippen molar-refractivity contribution < 1.29 is 9.32 Å². The maximum Gasteiger partial charge on any atom is 0.242 e. The molecule has 0 bridgehead atoms. The van der Waals surface area contributed by atoms with Crippen molar-refractivity contribution in [2.45, 2.75) is 37.6 Å². The lowest BCUT2D eigenvalue weighted by Crippen LogP contribution is -2.18. The van der Waals surface area contributed by atoms with Crippen molar-refractivity contribution in [3.05, 3.63) is 48.1 Å². The Labute approximate surface area is 144 Å². The highest BCUT2D eigenvalue weighted by atomic mass is 16.5. The summed E-state index contributed by atoms with van der Waals surface area (Å²) in [5, 5.41) is 8.12. The van der Waals surface area contributed by atoms with Gasteiger partial charge in [0.15, 0.2) is 0 Å². The van der Waals surface area contributed by atoms with Gasteiger partial charge in [0.1, 0.15) is 12.9 Å². The summed E-state index contributed by atoms with van der Waals surface area (Å²) >= 11 is 0. The second-order valence-electron chi connectivity index (χ2n) is 6.31. The zero-order valence-corrected chi connectivity index (χ0v) is 13.6. The fourth-order valence-electron chi connectivity index (χ4n) is 3.36. The molecule has 1 amide bonds. The summed E-state index contributed by atoms with van der Waals surface area (Å²) in [4.78, 5) is 19.5. The highest BCUT2D eigenvalue weighted by molar-refractivity contribution is 5.73. The van der Waals surface area contributed by atoms with Gasteiger partial charge in [-0.3, -0.25) is 4.79 Å². The molecular weight excluding hydrogens is 320 g/mol. The third-order valence-electron chi connectivity index (χ3n) is 4.55. The molecule has 3 aromatic rings. The zero-order chi connectivity index (χ0) is 17.2. The Morgan fingerprint density at radius 3 is 2.80 bits per heavy atom. The molecule has 2 aromatic heterocycles. The molecule has 0 aliphatic heterocycles. The van der Waals surface area contributed by atoms with Crippen molar-refractivity contribution in [1.82, 2.24) is 24.9 Å². The van der Waals surface area contributed by atoms with Gasteiger partial charge in [0.05, 0.1) is 0 Å². The van der Waals surface area contributed by atoms with Gasteiger partial charge in [-0.05, 0) is 30.7 Å². The summed E-state index contributed by atoms with van der Waals surface area (Å²) < 4.78 is 6.79. The number of rotatable bonds is 5. The van der Waals surface area contributed by atoms with Crippen molar-refractivity contribution >= 4 is 5.91 Å². The number of carbonyl (C=O) groups excluding carboxylic acids is 1. The van der Waals surface area contributed by atoms with Crippen LogP contribution >= 0.6 is 0 Å². The minimum Gasteiger partial charge on any atom is -0.368 e. The number of benzene rings is 1. The van der Waals surface area contributed by atoms with Crippen LogP contribution in [0.1, 0.15) is 42.6 Å². The molecule has 1 aromatic carbocycles. The molecule has 2 N–H and O–H groups in total. The molecular formula is C17H18N6O2. The molecule has 0 saturated heterocycles. The van der Waals surface area contributed by atoms with Gasteiger partial charge >= 0.3 is 0 Å². The Kier molecular flexibility index (Phi) is 4.01. The van der Waals surface area contributed by atoms with Crippen LogP contribution in [-0.4, -0.2) is 30.8 Å². The quantitative estimate of drug-likeness (QED) is 0.760. The van der Waals surface area contributed by atoms with Crippen LogP contribution < -0.4 is 5.73 Å². The zero-order valence-electron chi connectivity index (χ0n) is 13.6. The van der Waals surface area contributed by atoms with Gasteiger partial charge in [-0.25, -0.2) is 9.67 Å². The summed E-state index contributed by atoms with van der Waals surface area (Å²) in [6.07, 6.45) is 4.55. The number of aromatic nitrogens is 5. The molecule has 0 spiro atoms. The first-order chi connectivity index (χ1) is 12.2. The van der Waals surface area contributed by atoms with Crippen LogP contribution in [-0.2, 0) is 11.3 Å². The van der Waals surface area contributed by atoms with Crippen molar-refractivity contribution in [3.8, 4) is 11.6 Å². The maximum absolute atomic E-state index is 10.9. The SMILES string of the molecule is NC(=O)Cn1cnc(-c2noc([C@@H]3CC[C@@H](c4ccccc4)C3)n2)n1. The van der Waals surface area contributed by atoms with Gasteiger partial charge < -0.3 is 10.3 Å². The van der Waals surface area contributed by atoms with Gasteiger partial charge in [-0.15, -0.1) is 5.10 Å². The van der Waals surface area contributed by atoms with Gasteiger partial charge in [0.2, 0.25) is 23.4 Å². The first-order valence-electron chi connectivity index (χ1n) is 8.25. The van der Waals surface area contributed by atoms with Crippen LogP contribution in [0.25, 0.3) is 11.6 Å². The van der Waals surface area contributed by atoms with E-state index in [0.717, 1.165) is 19.3 Å². The molecule has 4 rings (SSSR count). The normalized spacial score (nSPS) is 20.0. The van der Waals surface area contributed by atoms with Crippen LogP contribution in [0.4, 0.5) is 0 Å². The van der Waals surface area contributed by atoms with Gasteiger partial charge in [0, 0.05) is 5.92 Å². The average Bonchev–Trinajstić information content (AvgIpc) is 3.35. The molecule has 2 atom stereocenters. The monoisotopic (exact) mass is 338 g/mol. The van der Waals surface area contributed by atoms with E-state index >= 15 is 0 Å². The summed E-state index contributed by atoms with van der Waals surface area (Å²) in [5.41, 5.74) is 6.50. The van der Waals surface area contributed by atoms with Crippen LogP contribution in [0, 0.1) is 0 Å². The molecule has 25 heavy (non-hydrogen) atoms. The van der Waals surface area contributed by atoms with E-state index in [1.165, 1.54) is 16.6 Å². The smallest absolute Gasteiger partial charge is 0.242 e. The van der Waals surface area contributed by atoms with E-state index in [0.29, 0.717) is 23.5 Å². The van der Waals surface area contributed by atoms with Crippen molar-refractivity contribution in [3.63, 3.8) is 0 Å². The molecule has 8 nitrogen and oxygen atoms in total. The third kappa shape index (κ3) is 3.28. The van der Waals surface area contributed by atoms with Gasteiger partial charge in [-0.2, -0.15) is 4.98 Å². The van der Waals surface area contributed by atoms with E-state index in [2.05, 4.69) is 44.5 Å². The Morgan fingerprint density at radius 2 is 2.00 bits per heavy atom. The van der Waals surface area contributed by atoms with Crippen molar-refractivity contribution in [2.24, 2.45) is 5.73 Å². The topological polar surface area (TPSA) is 113 Å². The number of amides is 1. The minimum atomic E-state index is -0.483. The lowest BCUT2D eigenvalue weighted by molar-refractivity contribution is -0.118. The number of nitrogens with zero attached hydrogens (tertiary/aromatic N) is 5. The number of hydrogen-bond acceptors (Lipinski definition) is 6. The number of nitrogens with two attached hydrogens (primary N) is 1. The van der Waals surface area contributed by atoms with Crippen LogP contribution in [0.5, 0.6) is 0 Å². The maximum atomic E-state index is 10.9. The number of carbonyl (C=O) groups is 1. The Balaban J connectivity index is 1.47. The lowest BCUT2D eigenvalue weighted by atomic mass is 9.96. The molecule has 8 heteroatoms. The van der Waals surface area contributed by atoms with Crippen LogP contribution in [0.3, 0.4) is 0 Å². The van der Waals surface area contributed by atoms with E-state index in [1.54, 1.807) is 0 Å². The van der Waals surface area contributed by atoms with E-state index in [9.17, 15) is 4.79 Å². The fraction of sp³-hybridized carbons (Fsp3) is 0.353. The average molecular weight is 338 g/mol. The molecule has 1 saturated carbocycles. The van der Waals surface area contributed by atoms with E-state index in [-0.39, 0.29) is 12.5 Å². The second kappa shape index (κ2) is 6.46. The fourth-order valence-corrected chi connectivity index (χ4v) is 3.36. The molecule has 1 fully saturated rings. The highest BCUT2D eigenvalue weighted by Crippen LogP contribution is 2.43.